The Morgan fingerprint density at radius 1 is 1.21 bits per heavy atom. The first-order chi connectivity index (χ1) is 11.4. The van der Waals surface area contributed by atoms with Gasteiger partial charge in [0, 0.05) is 5.56 Å². The second-order valence-electron chi connectivity index (χ2n) is 6.14. The van der Waals surface area contributed by atoms with Gasteiger partial charge >= 0.3 is 0 Å². The Labute approximate surface area is 141 Å². The highest BCUT2D eigenvalue weighted by atomic mass is 32.2. The summed E-state index contributed by atoms with van der Waals surface area (Å²) in [6, 6.07) is 12.6. The normalized spacial score (nSPS) is 17.2. The summed E-state index contributed by atoms with van der Waals surface area (Å²) in [7, 11) is -3.85. The highest BCUT2D eigenvalue weighted by Crippen LogP contribution is 2.29. The zero-order valence-corrected chi connectivity index (χ0v) is 14.3. The van der Waals surface area contributed by atoms with Gasteiger partial charge in [-0.25, -0.2) is 13.6 Å². The van der Waals surface area contributed by atoms with Gasteiger partial charge < -0.3 is 5.32 Å². The lowest BCUT2D eigenvalue weighted by Crippen LogP contribution is -2.31. The molecule has 1 aliphatic carbocycles. The molecule has 0 radical (unpaired) electrons. The molecule has 3 N–H and O–H groups in total. The van der Waals surface area contributed by atoms with Crippen LogP contribution in [0.15, 0.2) is 47.4 Å². The molecule has 0 aromatic heterocycles. The molecule has 24 heavy (non-hydrogen) atoms. The van der Waals surface area contributed by atoms with Crippen molar-refractivity contribution in [3.8, 4) is 0 Å². The maximum Gasteiger partial charge on any atom is 0.251 e. The number of primary sulfonamides is 1. The summed E-state index contributed by atoms with van der Waals surface area (Å²) in [4.78, 5) is 12.6. The molecule has 1 aliphatic rings. The summed E-state index contributed by atoms with van der Waals surface area (Å²) < 4.78 is 23.3. The van der Waals surface area contributed by atoms with E-state index in [4.69, 9.17) is 5.14 Å². The molecule has 2 aromatic carbocycles. The Bertz CT molecular complexity index is 891. The van der Waals surface area contributed by atoms with Gasteiger partial charge in [-0.15, -0.1) is 0 Å². The topological polar surface area (TPSA) is 89.3 Å². The number of aryl methyl sites for hydroxylation is 2. The van der Waals surface area contributed by atoms with E-state index in [0.29, 0.717) is 11.1 Å². The summed E-state index contributed by atoms with van der Waals surface area (Å²) in [6.07, 6.45) is 2.90. The minimum Gasteiger partial charge on any atom is -0.345 e. The van der Waals surface area contributed by atoms with Crippen molar-refractivity contribution in [2.45, 2.75) is 37.1 Å². The first-order valence-corrected chi connectivity index (χ1v) is 9.43. The summed E-state index contributed by atoms with van der Waals surface area (Å²) >= 11 is 0. The molecule has 1 atom stereocenters. The quantitative estimate of drug-likeness (QED) is 0.896. The van der Waals surface area contributed by atoms with E-state index in [-0.39, 0.29) is 16.8 Å². The minimum atomic E-state index is -3.85. The third-order valence-electron chi connectivity index (χ3n) is 4.43. The Morgan fingerprint density at radius 3 is 2.71 bits per heavy atom. The van der Waals surface area contributed by atoms with Crippen LogP contribution in [0.4, 0.5) is 0 Å². The molecule has 0 aliphatic heterocycles. The van der Waals surface area contributed by atoms with Gasteiger partial charge in [0.1, 0.15) is 0 Å². The van der Waals surface area contributed by atoms with Gasteiger partial charge in [0.15, 0.2) is 0 Å². The van der Waals surface area contributed by atoms with Crippen molar-refractivity contribution in [1.82, 2.24) is 5.32 Å². The second-order valence-corrected chi connectivity index (χ2v) is 7.67. The molecular formula is C18H20N2O3S. The molecule has 0 saturated carbocycles. The first kappa shape index (κ1) is 16.7. The van der Waals surface area contributed by atoms with Crippen molar-refractivity contribution in [2.24, 2.45) is 5.14 Å². The van der Waals surface area contributed by atoms with Crippen LogP contribution in [0, 0.1) is 6.92 Å². The second kappa shape index (κ2) is 6.37. The van der Waals surface area contributed by atoms with Crippen molar-refractivity contribution in [3.63, 3.8) is 0 Å². The van der Waals surface area contributed by atoms with E-state index in [0.717, 1.165) is 24.8 Å². The van der Waals surface area contributed by atoms with Gasteiger partial charge in [-0.05, 0) is 55.0 Å². The van der Waals surface area contributed by atoms with Crippen LogP contribution in [0.25, 0.3) is 0 Å². The Morgan fingerprint density at radius 2 is 1.96 bits per heavy atom. The van der Waals surface area contributed by atoms with E-state index in [1.54, 1.807) is 19.1 Å². The van der Waals surface area contributed by atoms with Crippen LogP contribution < -0.4 is 10.5 Å². The lowest BCUT2D eigenvalue weighted by molar-refractivity contribution is 0.0932. The van der Waals surface area contributed by atoms with Gasteiger partial charge in [-0.1, -0.05) is 30.3 Å². The van der Waals surface area contributed by atoms with Crippen molar-refractivity contribution in [3.05, 3.63) is 64.7 Å². The van der Waals surface area contributed by atoms with Crippen molar-refractivity contribution >= 4 is 15.9 Å². The summed E-state index contributed by atoms with van der Waals surface area (Å²) in [5, 5.41) is 8.23. The number of nitrogens with two attached hydrogens (primary N) is 1. The maximum atomic E-state index is 12.6. The zero-order valence-electron chi connectivity index (χ0n) is 13.5. The molecule has 1 amide bonds. The summed E-state index contributed by atoms with van der Waals surface area (Å²) in [5.74, 6) is -0.290. The fourth-order valence-electron chi connectivity index (χ4n) is 3.19. The molecule has 0 unspecified atom stereocenters. The smallest absolute Gasteiger partial charge is 0.251 e. The van der Waals surface area contributed by atoms with Crippen LogP contribution in [-0.4, -0.2) is 14.3 Å². The molecule has 0 fully saturated rings. The molecule has 2 aromatic rings. The molecule has 0 heterocycles. The fraction of sp³-hybridized carbons (Fsp3) is 0.278. The number of sulfonamides is 1. The Balaban J connectivity index is 1.87. The number of nitrogens with one attached hydrogen (secondary N) is 1. The maximum absolute atomic E-state index is 12.6. The summed E-state index contributed by atoms with van der Waals surface area (Å²) in [5.41, 5.74) is 3.21. The highest BCUT2D eigenvalue weighted by molar-refractivity contribution is 7.89. The van der Waals surface area contributed by atoms with Gasteiger partial charge in [0.25, 0.3) is 5.91 Å². The van der Waals surface area contributed by atoms with Gasteiger partial charge in [0.2, 0.25) is 10.0 Å². The third kappa shape index (κ3) is 3.34. The van der Waals surface area contributed by atoms with Gasteiger partial charge in [-0.3, -0.25) is 4.79 Å². The van der Waals surface area contributed by atoms with E-state index in [9.17, 15) is 13.2 Å². The number of carbonyl (C=O) groups is 1. The molecule has 126 valence electrons. The monoisotopic (exact) mass is 344 g/mol. The highest BCUT2D eigenvalue weighted by Gasteiger charge is 2.22. The zero-order chi connectivity index (χ0) is 17.3. The van der Waals surface area contributed by atoms with Crippen LogP contribution in [-0.2, 0) is 16.4 Å². The van der Waals surface area contributed by atoms with Crippen LogP contribution in [0.3, 0.4) is 0 Å². The molecule has 5 nitrogen and oxygen atoms in total. The summed E-state index contributed by atoms with van der Waals surface area (Å²) in [6.45, 7) is 1.65. The van der Waals surface area contributed by atoms with E-state index >= 15 is 0 Å². The minimum absolute atomic E-state index is 0.0146. The van der Waals surface area contributed by atoms with Crippen LogP contribution in [0.2, 0.25) is 0 Å². The molecule has 6 heteroatoms. The van der Waals surface area contributed by atoms with E-state index in [2.05, 4.69) is 11.4 Å². The SMILES string of the molecule is Cc1ccc(C(=O)N[C@@H]2CCCc3ccccc32)cc1S(N)(=O)=O. The van der Waals surface area contributed by atoms with E-state index in [1.165, 1.54) is 11.6 Å². The number of hydrogen-bond donors (Lipinski definition) is 2. The third-order valence-corrected chi connectivity index (χ3v) is 5.48. The van der Waals surface area contributed by atoms with E-state index < -0.39 is 10.0 Å². The Kier molecular flexibility index (Phi) is 4.43. The number of hydrogen-bond acceptors (Lipinski definition) is 3. The number of carbonyl (C=O) groups excluding carboxylic acids is 1. The lowest BCUT2D eigenvalue weighted by Gasteiger charge is -2.26. The molecule has 0 spiro atoms. The van der Waals surface area contributed by atoms with Crippen LogP contribution >= 0.6 is 0 Å². The molecule has 3 rings (SSSR count). The fourth-order valence-corrected chi connectivity index (χ4v) is 4.00. The number of benzene rings is 2. The first-order valence-electron chi connectivity index (χ1n) is 7.88. The molecule has 0 bridgehead atoms. The average Bonchev–Trinajstić information content (AvgIpc) is 2.54. The van der Waals surface area contributed by atoms with E-state index in [1.807, 2.05) is 18.2 Å². The van der Waals surface area contributed by atoms with Gasteiger partial charge in [0.05, 0.1) is 10.9 Å². The largest absolute Gasteiger partial charge is 0.345 e. The molecule has 0 saturated heterocycles. The predicted molar refractivity (Wildman–Crippen MR) is 92.1 cm³/mol. The Hall–Kier alpha value is -2.18. The average molecular weight is 344 g/mol. The van der Waals surface area contributed by atoms with Crippen molar-refractivity contribution in [2.75, 3.05) is 0 Å². The standard InChI is InChI=1S/C18H20N2O3S/c1-12-9-10-14(11-17(12)24(19,22)23)18(21)20-16-8-4-6-13-5-2-3-7-15(13)16/h2-3,5,7,9-11,16H,4,6,8H2,1H3,(H,20,21)(H2,19,22,23)/t16-/m1/s1. The van der Waals surface area contributed by atoms with Crippen LogP contribution in [0.1, 0.15) is 45.9 Å². The van der Waals surface area contributed by atoms with Crippen molar-refractivity contribution < 1.29 is 13.2 Å². The van der Waals surface area contributed by atoms with Gasteiger partial charge in [-0.2, -0.15) is 0 Å². The number of fused-ring (bicyclic) bond motifs is 1. The van der Waals surface area contributed by atoms with Crippen molar-refractivity contribution in [1.29, 1.82) is 0 Å². The molecular weight excluding hydrogens is 324 g/mol. The predicted octanol–water partition coefficient (Wildman–Crippen LogP) is 2.45. The van der Waals surface area contributed by atoms with Crippen LogP contribution in [0.5, 0.6) is 0 Å². The lowest BCUT2D eigenvalue weighted by atomic mass is 9.87. The number of amides is 1. The number of rotatable bonds is 3.